The number of hydrogen-bond acceptors (Lipinski definition) is 5. The van der Waals surface area contributed by atoms with E-state index in [1.807, 2.05) is 19.4 Å². The van der Waals surface area contributed by atoms with Crippen LogP contribution in [0.2, 0.25) is 0 Å². The highest BCUT2D eigenvalue weighted by Gasteiger charge is 2.36. The Morgan fingerprint density at radius 3 is 2.60 bits per heavy atom. The van der Waals surface area contributed by atoms with Gasteiger partial charge in [-0.1, -0.05) is 0 Å². The molecular formula is C12H20N4O3S. The SMILES string of the molecule is Cn1cc(N2CCN(S(=O)(=O)C3CCOC3)CC2)cn1. The molecule has 0 aromatic carbocycles. The fourth-order valence-electron chi connectivity index (χ4n) is 2.73. The lowest BCUT2D eigenvalue weighted by Gasteiger charge is -2.35. The Kier molecular flexibility index (Phi) is 3.70. The number of hydrogen-bond donors (Lipinski definition) is 0. The Morgan fingerprint density at radius 2 is 2.05 bits per heavy atom. The molecule has 7 nitrogen and oxygen atoms in total. The minimum Gasteiger partial charge on any atom is -0.380 e. The van der Waals surface area contributed by atoms with Crippen LogP contribution in [0.5, 0.6) is 0 Å². The summed E-state index contributed by atoms with van der Waals surface area (Å²) in [5.41, 5.74) is 1.05. The molecule has 1 aromatic heterocycles. The summed E-state index contributed by atoms with van der Waals surface area (Å²) >= 11 is 0. The summed E-state index contributed by atoms with van der Waals surface area (Å²) in [6, 6.07) is 0. The van der Waals surface area contributed by atoms with Gasteiger partial charge in [-0.15, -0.1) is 0 Å². The second-order valence-electron chi connectivity index (χ2n) is 5.29. The second kappa shape index (κ2) is 5.34. The lowest BCUT2D eigenvalue weighted by atomic mass is 10.3. The van der Waals surface area contributed by atoms with Crippen LogP contribution in [0.3, 0.4) is 0 Å². The molecule has 0 bridgehead atoms. The normalized spacial score (nSPS) is 25.2. The molecule has 0 aliphatic carbocycles. The van der Waals surface area contributed by atoms with Gasteiger partial charge in [-0.2, -0.15) is 9.40 Å². The van der Waals surface area contributed by atoms with Gasteiger partial charge in [-0.05, 0) is 6.42 Å². The van der Waals surface area contributed by atoms with Crippen molar-refractivity contribution in [3.05, 3.63) is 12.4 Å². The number of nitrogens with zero attached hydrogens (tertiary/aromatic N) is 4. The average Bonchev–Trinajstić information content (AvgIpc) is 3.10. The van der Waals surface area contributed by atoms with Crippen LogP contribution in [0.15, 0.2) is 12.4 Å². The number of aromatic nitrogens is 2. The summed E-state index contributed by atoms with van der Waals surface area (Å²) in [6.07, 6.45) is 4.38. The highest BCUT2D eigenvalue weighted by Crippen LogP contribution is 2.21. The van der Waals surface area contributed by atoms with Gasteiger partial charge in [0.1, 0.15) is 5.25 Å². The summed E-state index contributed by atoms with van der Waals surface area (Å²) in [5, 5.41) is 3.80. The maximum absolute atomic E-state index is 12.4. The van der Waals surface area contributed by atoms with E-state index in [-0.39, 0.29) is 5.25 Å². The van der Waals surface area contributed by atoms with Gasteiger partial charge in [-0.3, -0.25) is 4.68 Å². The van der Waals surface area contributed by atoms with Gasteiger partial charge in [0.2, 0.25) is 10.0 Å². The van der Waals surface area contributed by atoms with Crippen molar-refractivity contribution in [2.75, 3.05) is 44.3 Å². The molecule has 0 N–H and O–H groups in total. The second-order valence-corrected chi connectivity index (χ2v) is 7.50. The number of rotatable bonds is 3. The van der Waals surface area contributed by atoms with Gasteiger partial charge in [0.05, 0.1) is 18.5 Å². The molecule has 3 heterocycles. The summed E-state index contributed by atoms with van der Waals surface area (Å²) in [6.45, 7) is 3.38. The maximum atomic E-state index is 12.4. The third-order valence-electron chi connectivity index (χ3n) is 3.96. The standard InChI is InChI=1S/C12H20N4O3S/c1-14-9-11(8-13-14)15-3-5-16(6-4-15)20(17,18)12-2-7-19-10-12/h8-9,12H,2-7,10H2,1H3. The predicted molar refractivity (Wildman–Crippen MR) is 75.1 cm³/mol. The van der Waals surface area contributed by atoms with E-state index in [9.17, 15) is 8.42 Å². The topological polar surface area (TPSA) is 67.7 Å². The van der Waals surface area contributed by atoms with Crippen molar-refractivity contribution in [3.8, 4) is 0 Å². The molecule has 2 saturated heterocycles. The Balaban J connectivity index is 1.63. The van der Waals surface area contributed by atoms with Crippen LogP contribution in [0.4, 0.5) is 5.69 Å². The number of anilines is 1. The molecule has 2 aliphatic rings. The Hall–Kier alpha value is -1.12. The van der Waals surface area contributed by atoms with Gasteiger partial charge in [0, 0.05) is 46.0 Å². The lowest BCUT2D eigenvalue weighted by molar-refractivity contribution is 0.197. The fourth-order valence-corrected chi connectivity index (χ4v) is 4.49. The van der Waals surface area contributed by atoms with Crippen LogP contribution in [-0.4, -0.2) is 67.1 Å². The number of piperazine rings is 1. The predicted octanol–water partition coefficient (Wildman–Crippen LogP) is -0.339. The van der Waals surface area contributed by atoms with E-state index in [1.54, 1.807) is 8.99 Å². The van der Waals surface area contributed by atoms with Crippen molar-refractivity contribution in [1.29, 1.82) is 0 Å². The molecule has 112 valence electrons. The molecule has 0 saturated carbocycles. The largest absolute Gasteiger partial charge is 0.380 e. The average molecular weight is 300 g/mol. The summed E-state index contributed by atoms with van der Waals surface area (Å²) in [4.78, 5) is 2.17. The number of ether oxygens (including phenoxy) is 1. The van der Waals surface area contributed by atoms with Gasteiger partial charge in [0.25, 0.3) is 0 Å². The molecule has 20 heavy (non-hydrogen) atoms. The Labute approximate surface area is 119 Å². The smallest absolute Gasteiger partial charge is 0.219 e. The van der Waals surface area contributed by atoms with Crippen molar-refractivity contribution in [2.24, 2.45) is 7.05 Å². The van der Waals surface area contributed by atoms with E-state index >= 15 is 0 Å². The molecule has 1 unspecified atom stereocenters. The Morgan fingerprint density at radius 1 is 1.30 bits per heavy atom. The van der Waals surface area contributed by atoms with Crippen molar-refractivity contribution >= 4 is 15.7 Å². The minimum absolute atomic E-state index is 0.338. The number of sulfonamides is 1. The van der Waals surface area contributed by atoms with E-state index in [2.05, 4.69) is 10.00 Å². The first-order valence-corrected chi connectivity index (χ1v) is 8.38. The monoisotopic (exact) mass is 300 g/mol. The Bertz CT molecular complexity index is 557. The van der Waals surface area contributed by atoms with Gasteiger partial charge in [0.15, 0.2) is 0 Å². The third kappa shape index (κ3) is 2.55. The van der Waals surface area contributed by atoms with Gasteiger partial charge >= 0.3 is 0 Å². The molecule has 2 aliphatic heterocycles. The molecule has 1 atom stereocenters. The summed E-state index contributed by atoms with van der Waals surface area (Å²) in [7, 11) is -1.32. The molecule has 0 radical (unpaired) electrons. The van der Waals surface area contributed by atoms with E-state index < -0.39 is 10.0 Å². The highest BCUT2D eigenvalue weighted by atomic mass is 32.2. The zero-order valence-corrected chi connectivity index (χ0v) is 12.4. The van der Waals surface area contributed by atoms with Gasteiger partial charge in [-0.25, -0.2) is 8.42 Å². The van der Waals surface area contributed by atoms with Crippen molar-refractivity contribution < 1.29 is 13.2 Å². The molecule has 2 fully saturated rings. The fraction of sp³-hybridized carbons (Fsp3) is 0.750. The quantitative estimate of drug-likeness (QED) is 0.764. The molecule has 0 amide bonds. The van der Waals surface area contributed by atoms with Crippen LogP contribution >= 0.6 is 0 Å². The van der Waals surface area contributed by atoms with E-state index in [0.29, 0.717) is 45.8 Å². The third-order valence-corrected chi connectivity index (χ3v) is 6.26. The summed E-state index contributed by atoms with van der Waals surface area (Å²) < 4.78 is 33.5. The van der Waals surface area contributed by atoms with Crippen molar-refractivity contribution in [1.82, 2.24) is 14.1 Å². The first-order chi connectivity index (χ1) is 9.57. The zero-order chi connectivity index (χ0) is 14.2. The van der Waals surface area contributed by atoms with E-state index in [4.69, 9.17) is 4.74 Å². The molecule has 3 rings (SSSR count). The molecule has 0 spiro atoms. The van der Waals surface area contributed by atoms with Crippen LogP contribution in [-0.2, 0) is 21.8 Å². The van der Waals surface area contributed by atoms with Crippen molar-refractivity contribution in [3.63, 3.8) is 0 Å². The van der Waals surface area contributed by atoms with Crippen LogP contribution in [0, 0.1) is 0 Å². The van der Waals surface area contributed by atoms with E-state index in [1.165, 1.54) is 0 Å². The first kappa shape index (κ1) is 13.8. The maximum Gasteiger partial charge on any atom is 0.219 e. The zero-order valence-electron chi connectivity index (χ0n) is 11.6. The molecule has 1 aromatic rings. The first-order valence-electron chi connectivity index (χ1n) is 6.87. The minimum atomic E-state index is -3.20. The van der Waals surface area contributed by atoms with Crippen LogP contribution in [0.25, 0.3) is 0 Å². The van der Waals surface area contributed by atoms with E-state index in [0.717, 1.165) is 5.69 Å². The van der Waals surface area contributed by atoms with Gasteiger partial charge < -0.3 is 9.64 Å². The molecular weight excluding hydrogens is 280 g/mol. The number of aryl methyl sites for hydroxylation is 1. The lowest BCUT2D eigenvalue weighted by Crippen LogP contribution is -2.51. The van der Waals surface area contributed by atoms with Crippen LogP contribution < -0.4 is 4.90 Å². The summed E-state index contributed by atoms with van der Waals surface area (Å²) in [5.74, 6) is 0. The van der Waals surface area contributed by atoms with Crippen molar-refractivity contribution in [2.45, 2.75) is 11.7 Å². The highest BCUT2D eigenvalue weighted by molar-refractivity contribution is 7.89. The molecule has 8 heteroatoms. The van der Waals surface area contributed by atoms with Crippen LogP contribution in [0.1, 0.15) is 6.42 Å².